The second-order valence-corrected chi connectivity index (χ2v) is 5.21. The summed E-state index contributed by atoms with van der Waals surface area (Å²) >= 11 is 1.55. The zero-order valence-corrected chi connectivity index (χ0v) is 11.0. The zero-order valence-electron chi connectivity index (χ0n) is 10.2. The Kier molecular flexibility index (Phi) is 2.61. The summed E-state index contributed by atoms with van der Waals surface area (Å²) in [6.45, 7) is 3.96. The number of aryl methyl sites for hydroxylation is 1. The van der Waals surface area contributed by atoms with Gasteiger partial charge in [-0.15, -0.1) is 21.5 Å². The van der Waals surface area contributed by atoms with E-state index in [1.54, 1.807) is 11.3 Å². The van der Waals surface area contributed by atoms with Gasteiger partial charge in [-0.1, -0.05) is 0 Å². The van der Waals surface area contributed by atoms with Crippen LogP contribution in [0.15, 0.2) is 23.7 Å². The summed E-state index contributed by atoms with van der Waals surface area (Å²) in [7, 11) is 0. The fraction of sp³-hybridized carbons (Fsp3) is 0.250. The first kappa shape index (κ1) is 11.3. The SMILES string of the molecule is Cc1ccn2c(-c3csc(C(C)N)n3)nnc2c1. The molecule has 0 spiro atoms. The van der Waals surface area contributed by atoms with Crippen LogP contribution >= 0.6 is 11.3 Å². The molecular formula is C12H13N5S. The number of rotatable bonds is 2. The molecule has 5 nitrogen and oxygen atoms in total. The number of pyridine rings is 1. The Morgan fingerprint density at radius 2 is 2.22 bits per heavy atom. The smallest absolute Gasteiger partial charge is 0.187 e. The van der Waals surface area contributed by atoms with Crippen molar-refractivity contribution in [2.24, 2.45) is 5.73 Å². The largest absolute Gasteiger partial charge is 0.322 e. The lowest BCUT2D eigenvalue weighted by molar-refractivity contribution is 0.807. The van der Waals surface area contributed by atoms with Crippen molar-refractivity contribution in [3.63, 3.8) is 0 Å². The van der Waals surface area contributed by atoms with E-state index in [1.165, 1.54) is 0 Å². The van der Waals surface area contributed by atoms with Crippen LogP contribution in [-0.4, -0.2) is 19.6 Å². The summed E-state index contributed by atoms with van der Waals surface area (Å²) < 4.78 is 1.94. The number of fused-ring (bicyclic) bond motifs is 1. The fourth-order valence-corrected chi connectivity index (χ4v) is 2.52. The van der Waals surface area contributed by atoms with Crippen LogP contribution in [-0.2, 0) is 0 Å². The number of nitrogens with zero attached hydrogens (tertiary/aromatic N) is 4. The average Bonchev–Trinajstić information content (AvgIpc) is 2.92. The predicted molar refractivity (Wildman–Crippen MR) is 71.4 cm³/mol. The number of nitrogens with two attached hydrogens (primary N) is 1. The molecule has 0 fully saturated rings. The van der Waals surface area contributed by atoms with Gasteiger partial charge in [-0.2, -0.15) is 0 Å². The molecule has 1 atom stereocenters. The molecule has 0 amide bonds. The van der Waals surface area contributed by atoms with E-state index in [9.17, 15) is 0 Å². The summed E-state index contributed by atoms with van der Waals surface area (Å²) in [4.78, 5) is 4.49. The maximum Gasteiger partial charge on any atom is 0.187 e. The van der Waals surface area contributed by atoms with Gasteiger partial charge in [0.1, 0.15) is 10.7 Å². The number of hydrogen-bond acceptors (Lipinski definition) is 5. The van der Waals surface area contributed by atoms with Gasteiger partial charge < -0.3 is 5.73 Å². The minimum Gasteiger partial charge on any atom is -0.322 e. The van der Waals surface area contributed by atoms with Gasteiger partial charge in [0.05, 0.1) is 6.04 Å². The summed E-state index contributed by atoms with van der Waals surface area (Å²) in [6, 6.07) is 3.97. The normalized spacial score (nSPS) is 13.1. The highest BCUT2D eigenvalue weighted by molar-refractivity contribution is 7.10. The Bertz CT molecular complexity index is 697. The molecule has 6 heteroatoms. The van der Waals surface area contributed by atoms with Crippen LogP contribution in [0.4, 0.5) is 0 Å². The first-order valence-corrected chi connectivity index (χ1v) is 6.56. The number of hydrogen-bond donors (Lipinski definition) is 1. The molecule has 0 aliphatic carbocycles. The van der Waals surface area contributed by atoms with Gasteiger partial charge >= 0.3 is 0 Å². The van der Waals surface area contributed by atoms with Crippen LogP contribution in [0.5, 0.6) is 0 Å². The lowest BCUT2D eigenvalue weighted by atomic mass is 10.3. The topological polar surface area (TPSA) is 69.1 Å². The Morgan fingerprint density at radius 3 is 2.94 bits per heavy atom. The molecule has 0 saturated heterocycles. The minimum absolute atomic E-state index is 0.0508. The standard InChI is InChI=1S/C12H13N5S/c1-7-3-4-17-10(5-7)15-16-11(17)9-6-18-12(14-9)8(2)13/h3-6,8H,13H2,1-2H3. The minimum atomic E-state index is -0.0508. The fourth-order valence-electron chi connectivity index (χ4n) is 1.77. The highest BCUT2D eigenvalue weighted by atomic mass is 32.1. The highest BCUT2D eigenvalue weighted by Crippen LogP contribution is 2.23. The van der Waals surface area contributed by atoms with Crippen LogP contribution in [0, 0.1) is 6.92 Å². The second kappa shape index (κ2) is 4.15. The van der Waals surface area contributed by atoms with Crippen LogP contribution in [0.2, 0.25) is 0 Å². The molecule has 0 aliphatic rings. The van der Waals surface area contributed by atoms with E-state index in [4.69, 9.17) is 5.73 Å². The van der Waals surface area contributed by atoms with Crippen molar-refractivity contribution in [2.45, 2.75) is 19.9 Å². The van der Waals surface area contributed by atoms with Gasteiger partial charge in [-0.05, 0) is 31.5 Å². The molecule has 0 bridgehead atoms. The van der Waals surface area contributed by atoms with E-state index in [0.717, 1.165) is 27.7 Å². The van der Waals surface area contributed by atoms with E-state index >= 15 is 0 Å². The average molecular weight is 259 g/mol. The molecule has 0 aromatic carbocycles. The van der Waals surface area contributed by atoms with Crippen molar-refractivity contribution in [1.82, 2.24) is 19.6 Å². The van der Waals surface area contributed by atoms with Crippen LogP contribution in [0.1, 0.15) is 23.5 Å². The van der Waals surface area contributed by atoms with Crippen molar-refractivity contribution in [2.75, 3.05) is 0 Å². The first-order valence-electron chi connectivity index (χ1n) is 5.68. The van der Waals surface area contributed by atoms with Gasteiger partial charge in [0.15, 0.2) is 11.5 Å². The maximum absolute atomic E-state index is 5.82. The van der Waals surface area contributed by atoms with Crippen LogP contribution in [0.3, 0.4) is 0 Å². The Morgan fingerprint density at radius 1 is 1.39 bits per heavy atom. The molecule has 0 radical (unpaired) electrons. The number of aromatic nitrogens is 4. The summed E-state index contributed by atoms with van der Waals surface area (Å²) in [5, 5.41) is 11.2. The third-order valence-electron chi connectivity index (χ3n) is 2.71. The quantitative estimate of drug-likeness (QED) is 0.766. The van der Waals surface area contributed by atoms with Gasteiger partial charge in [0.2, 0.25) is 0 Å². The predicted octanol–water partition coefficient (Wildman–Crippen LogP) is 2.18. The molecule has 3 heterocycles. The van der Waals surface area contributed by atoms with Crippen LogP contribution < -0.4 is 5.73 Å². The second-order valence-electron chi connectivity index (χ2n) is 4.32. The molecule has 0 aliphatic heterocycles. The Labute approximate surface area is 108 Å². The molecule has 0 saturated carbocycles. The van der Waals surface area contributed by atoms with Crippen molar-refractivity contribution in [3.05, 3.63) is 34.3 Å². The Hall–Kier alpha value is -1.79. The monoisotopic (exact) mass is 259 g/mol. The molecule has 92 valence electrons. The van der Waals surface area contributed by atoms with Crippen molar-refractivity contribution >= 4 is 17.0 Å². The van der Waals surface area contributed by atoms with E-state index < -0.39 is 0 Å². The molecule has 2 N–H and O–H groups in total. The zero-order chi connectivity index (χ0) is 12.7. The lowest BCUT2D eigenvalue weighted by Gasteiger charge is -1.98. The molecule has 3 aromatic rings. The summed E-state index contributed by atoms with van der Waals surface area (Å²) in [6.07, 6.45) is 1.96. The molecule has 18 heavy (non-hydrogen) atoms. The van der Waals surface area contributed by atoms with Crippen molar-refractivity contribution in [1.29, 1.82) is 0 Å². The summed E-state index contributed by atoms with van der Waals surface area (Å²) in [5.41, 5.74) is 8.64. The third-order valence-corrected chi connectivity index (χ3v) is 3.75. The molecule has 3 rings (SSSR count). The molecule has 1 unspecified atom stereocenters. The van der Waals surface area contributed by atoms with E-state index in [2.05, 4.69) is 15.2 Å². The first-order chi connectivity index (χ1) is 8.65. The number of thiazole rings is 1. The van der Waals surface area contributed by atoms with Gasteiger partial charge in [-0.25, -0.2) is 4.98 Å². The molecular weight excluding hydrogens is 246 g/mol. The van der Waals surface area contributed by atoms with Gasteiger partial charge in [0.25, 0.3) is 0 Å². The van der Waals surface area contributed by atoms with E-state index in [1.807, 2.05) is 42.0 Å². The highest BCUT2D eigenvalue weighted by Gasteiger charge is 2.13. The Balaban J connectivity index is 2.13. The van der Waals surface area contributed by atoms with Crippen molar-refractivity contribution in [3.8, 4) is 11.5 Å². The van der Waals surface area contributed by atoms with E-state index in [0.29, 0.717) is 0 Å². The lowest BCUT2D eigenvalue weighted by Crippen LogP contribution is -2.04. The maximum atomic E-state index is 5.82. The van der Waals surface area contributed by atoms with Gasteiger partial charge in [-0.3, -0.25) is 4.40 Å². The third kappa shape index (κ3) is 1.79. The van der Waals surface area contributed by atoms with Crippen LogP contribution in [0.25, 0.3) is 17.2 Å². The van der Waals surface area contributed by atoms with Gasteiger partial charge in [0, 0.05) is 11.6 Å². The van der Waals surface area contributed by atoms with E-state index in [-0.39, 0.29) is 6.04 Å². The van der Waals surface area contributed by atoms with Crippen molar-refractivity contribution < 1.29 is 0 Å². The summed E-state index contributed by atoms with van der Waals surface area (Å²) in [5.74, 6) is 0.758. The molecule has 3 aromatic heterocycles.